The second-order valence-electron chi connectivity index (χ2n) is 6.47. The van der Waals surface area contributed by atoms with E-state index in [0.29, 0.717) is 5.41 Å². The summed E-state index contributed by atoms with van der Waals surface area (Å²) in [6.45, 7) is 33.6. The maximum Gasteiger partial charge on any atom is -0.0114 e. The van der Waals surface area contributed by atoms with E-state index < -0.39 is 0 Å². The van der Waals surface area contributed by atoms with Gasteiger partial charge in [0.25, 0.3) is 0 Å². The Bertz CT molecular complexity index is 294. The standard InChI is InChI=1S/C15H26.4C2H4/c1-11-5-8-13(9-6-11)14-10-7-12(2)15(14,3)4;4*1-2/h7,11,13-14H,5-6,8-10H2,1-4H3;4*1-2H2. The van der Waals surface area contributed by atoms with E-state index in [2.05, 4.69) is 86.4 Å². The van der Waals surface area contributed by atoms with Crippen molar-refractivity contribution < 1.29 is 0 Å². The van der Waals surface area contributed by atoms with Crippen LogP contribution in [0.1, 0.15) is 59.8 Å². The molecule has 134 valence electrons. The summed E-state index contributed by atoms with van der Waals surface area (Å²) in [6.07, 6.45) is 9.74. The summed E-state index contributed by atoms with van der Waals surface area (Å²) in [5.41, 5.74) is 2.11. The van der Waals surface area contributed by atoms with Gasteiger partial charge < -0.3 is 0 Å². The number of hydrogen-bond donors (Lipinski definition) is 0. The van der Waals surface area contributed by atoms with Crippen LogP contribution in [0.4, 0.5) is 0 Å². The summed E-state index contributed by atoms with van der Waals surface area (Å²) in [5.74, 6) is 2.93. The van der Waals surface area contributed by atoms with E-state index in [1.54, 1.807) is 5.57 Å². The first-order valence-corrected chi connectivity index (χ1v) is 8.69. The van der Waals surface area contributed by atoms with Crippen LogP contribution < -0.4 is 0 Å². The molecule has 0 heteroatoms. The predicted octanol–water partition coefficient (Wildman–Crippen LogP) is 8.01. The molecule has 1 saturated carbocycles. The third-order valence-electron chi connectivity index (χ3n) is 5.25. The first kappa shape index (κ1) is 26.6. The summed E-state index contributed by atoms with van der Waals surface area (Å²) < 4.78 is 0. The number of hydrogen-bond acceptors (Lipinski definition) is 0. The third kappa shape index (κ3) is 8.21. The molecule has 1 atom stereocenters. The smallest absolute Gasteiger partial charge is 0.0114 e. The van der Waals surface area contributed by atoms with E-state index in [-0.39, 0.29) is 0 Å². The van der Waals surface area contributed by atoms with Crippen molar-refractivity contribution in [1.29, 1.82) is 0 Å². The third-order valence-corrected chi connectivity index (χ3v) is 5.25. The van der Waals surface area contributed by atoms with E-state index >= 15 is 0 Å². The Kier molecular flexibility index (Phi) is 18.0. The van der Waals surface area contributed by atoms with E-state index in [0.717, 1.165) is 17.8 Å². The average Bonchev–Trinajstić information content (AvgIpc) is 2.89. The lowest BCUT2D eigenvalue weighted by atomic mass is 9.66. The maximum absolute atomic E-state index is 3.00. The predicted molar refractivity (Wildman–Crippen MR) is 112 cm³/mol. The lowest BCUT2D eigenvalue weighted by Crippen LogP contribution is -2.30. The van der Waals surface area contributed by atoms with Crippen LogP contribution in [0.5, 0.6) is 0 Å². The van der Waals surface area contributed by atoms with Crippen molar-refractivity contribution in [1.82, 2.24) is 0 Å². The van der Waals surface area contributed by atoms with Crippen LogP contribution in [0, 0.1) is 23.2 Å². The Labute approximate surface area is 147 Å². The van der Waals surface area contributed by atoms with Crippen molar-refractivity contribution in [3.8, 4) is 0 Å². The highest BCUT2D eigenvalue weighted by Gasteiger charge is 2.40. The van der Waals surface area contributed by atoms with Gasteiger partial charge in [-0.15, -0.1) is 52.6 Å². The van der Waals surface area contributed by atoms with Gasteiger partial charge in [-0.2, -0.15) is 0 Å². The fraction of sp³-hybridized carbons (Fsp3) is 0.565. The first-order chi connectivity index (χ1) is 11.0. The van der Waals surface area contributed by atoms with Crippen LogP contribution in [0.25, 0.3) is 0 Å². The van der Waals surface area contributed by atoms with Crippen LogP contribution in [-0.2, 0) is 0 Å². The Morgan fingerprint density at radius 1 is 0.826 bits per heavy atom. The lowest BCUT2D eigenvalue weighted by molar-refractivity contribution is 0.138. The molecule has 2 rings (SSSR count). The van der Waals surface area contributed by atoms with Gasteiger partial charge in [0.1, 0.15) is 0 Å². The highest BCUT2D eigenvalue weighted by atomic mass is 14.4. The van der Waals surface area contributed by atoms with Gasteiger partial charge in [-0.05, 0) is 49.4 Å². The van der Waals surface area contributed by atoms with Gasteiger partial charge in [-0.25, -0.2) is 0 Å². The minimum Gasteiger partial charge on any atom is -0.106 e. The minimum absolute atomic E-state index is 0.477. The second kappa shape index (κ2) is 15.6. The van der Waals surface area contributed by atoms with Gasteiger partial charge in [-0.1, -0.05) is 45.3 Å². The molecule has 0 heterocycles. The molecule has 0 aliphatic heterocycles. The van der Waals surface area contributed by atoms with Crippen LogP contribution in [0.2, 0.25) is 0 Å². The van der Waals surface area contributed by atoms with Crippen LogP contribution in [-0.4, -0.2) is 0 Å². The Morgan fingerprint density at radius 3 is 1.52 bits per heavy atom. The molecule has 0 saturated heterocycles. The Hall–Kier alpha value is -1.30. The summed E-state index contributed by atoms with van der Waals surface area (Å²) in [7, 11) is 0. The van der Waals surface area contributed by atoms with Gasteiger partial charge in [0, 0.05) is 0 Å². The molecule has 0 aromatic heterocycles. The molecule has 0 aromatic carbocycles. The monoisotopic (exact) mass is 318 g/mol. The Balaban J connectivity index is -0.000000438. The van der Waals surface area contributed by atoms with Crippen molar-refractivity contribution in [2.45, 2.75) is 59.8 Å². The summed E-state index contributed by atoms with van der Waals surface area (Å²) >= 11 is 0. The molecule has 1 fully saturated rings. The van der Waals surface area contributed by atoms with E-state index in [1.165, 1.54) is 32.1 Å². The molecule has 0 amide bonds. The quantitative estimate of drug-likeness (QED) is 0.429. The van der Waals surface area contributed by atoms with Crippen LogP contribution in [0.15, 0.2) is 64.3 Å². The first-order valence-electron chi connectivity index (χ1n) is 8.69. The van der Waals surface area contributed by atoms with Gasteiger partial charge in [-0.3, -0.25) is 0 Å². The SMILES string of the molecule is C=C.C=C.C=C.C=C.CC1=CCC(C2CCC(C)CC2)C1(C)C. The molecular formula is C23H42. The van der Waals surface area contributed by atoms with Crippen LogP contribution in [0.3, 0.4) is 0 Å². The number of rotatable bonds is 1. The molecule has 2 aliphatic carbocycles. The van der Waals surface area contributed by atoms with E-state index in [1.807, 2.05) is 0 Å². The highest BCUT2D eigenvalue weighted by molar-refractivity contribution is 5.19. The van der Waals surface area contributed by atoms with Gasteiger partial charge in [0.2, 0.25) is 0 Å². The number of allylic oxidation sites excluding steroid dienone is 2. The van der Waals surface area contributed by atoms with Crippen molar-refractivity contribution in [3.63, 3.8) is 0 Å². The largest absolute Gasteiger partial charge is 0.106 e. The highest BCUT2D eigenvalue weighted by Crippen LogP contribution is 2.50. The summed E-state index contributed by atoms with van der Waals surface area (Å²) in [4.78, 5) is 0. The van der Waals surface area contributed by atoms with Crippen molar-refractivity contribution in [2.24, 2.45) is 23.2 Å². The van der Waals surface area contributed by atoms with Gasteiger partial charge in [0.15, 0.2) is 0 Å². The molecule has 0 spiro atoms. The zero-order valence-corrected chi connectivity index (χ0v) is 16.5. The molecule has 0 N–H and O–H groups in total. The summed E-state index contributed by atoms with van der Waals surface area (Å²) in [5, 5.41) is 0. The lowest BCUT2D eigenvalue weighted by Gasteiger charge is -2.39. The molecular weight excluding hydrogens is 276 g/mol. The maximum atomic E-state index is 3.00. The van der Waals surface area contributed by atoms with Gasteiger partial charge >= 0.3 is 0 Å². The average molecular weight is 319 g/mol. The van der Waals surface area contributed by atoms with E-state index in [9.17, 15) is 0 Å². The molecule has 0 nitrogen and oxygen atoms in total. The molecule has 0 aromatic rings. The van der Waals surface area contributed by atoms with Crippen LogP contribution >= 0.6 is 0 Å². The zero-order chi connectivity index (χ0) is 19.1. The van der Waals surface area contributed by atoms with E-state index in [4.69, 9.17) is 0 Å². The van der Waals surface area contributed by atoms with Crippen molar-refractivity contribution >= 4 is 0 Å². The molecule has 23 heavy (non-hydrogen) atoms. The molecule has 0 bridgehead atoms. The second-order valence-corrected chi connectivity index (χ2v) is 6.47. The fourth-order valence-corrected chi connectivity index (χ4v) is 3.62. The summed E-state index contributed by atoms with van der Waals surface area (Å²) in [6, 6.07) is 0. The zero-order valence-electron chi connectivity index (χ0n) is 16.5. The normalized spacial score (nSPS) is 27.0. The topological polar surface area (TPSA) is 0 Å². The fourth-order valence-electron chi connectivity index (χ4n) is 3.62. The molecule has 1 unspecified atom stereocenters. The van der Waals surface area contributed by atoms with Crippen molar-refractivity contribution in [3.05, 3.63) is 64.3 Å². The van der Waals surface area contributed by atoms with Crippen molar-refractivity contribution in [2.75, 3.05) is 0 Å². The minimum atomic E-state index is 0.477. The Morgan fingerprint density at radius 2 is 1.22 bits per heavy atom. The molecule has 0 radical (unpaired) electrons. The van der Waals surface area contributed by atoms with Gasteiger partial charge in [0.05, 0.1) is 0 Å². The molecule has 2 aliphatic rings.